The van der Waals surface area contributed by atoms with Gasteiger partial charge >= 0.3 is 0 Å². The molecule has 0 spiro atoms. The van der Waals surface area contributed by atoms with E-state index in [0.29, 0.717) is 17.7 Å². The van der Waals surface area contributed by atoms with Crippen LogP contribution in [-0.4, -0.2) is 11.8 Å². The molecule has 0 radical (unpaired) electrons. The normalized spacial score (nSPS) is 12.4. The predicted molar refractivity (Wildman–Crippen MR) is 86.0 cm³/mol. The lowest BCUT2D eigenvalue weighted by molar-refractivity contribution is 0.546. The third-order valence-corrected chi connectivity index (χ3v) is 4.61. The fraction of sp³-hybridized carbons (Fsp3) is 0.200. The smallest absolute Gasteiger partial charge is 0.126 e. The fourth-order valence-corrected chi connectivity index (χ4v) is 3.27. The second-order valence-electron chi connectivity index (χ2n) is 4.57. The van der Waals surface area contributed by atoms with Crippen LogP contribution in [0.4, 0.5) is 8.78 Å². The van der Waals surface area contributed by atoms with Crippen LogP contribution >= 0.6 is 27.7 Å². The van der Waals surface area contributed by atoms with E-state index in [-0.39, 0.29) is 17.7 Å². The van der Waals surface area contributed by atoms with Crippen LogP contribution in [-0.2, 0) is 6.42 Å². The monoisotopic (exact) mass is 372 g/mol. The Morgan fingerprint density at radius 3 is 2.71 bits per heavy atom. The van der Waals surface area contributed by atoms with Crippen LogP contribution in [0.25, 0.3) is 0 Å². The van der Waals surface area contributed by atoms with Gasteiger partial charge in [0.15, 0.2) is 0 Å². The summed E-state index contributed by atoms with van der Waals surface area (Å²) in [6.45, 7) is 0. The van der Waals surface area contributed by atoms with Crippen LogP contribution in [0.5, 0.6) is 0 Å². The second kappa shape index (κ2) is 7.89. The third-order valence-electron chi connectivity index (χ3n) is 2.96. The van der Waals surface area contributed by atoms with Gasteiger partial charge < -0.3 is 0 Å². The summed E-state index contributed by atoms with van der Waals surface area (Å²) in [5.41, 5.74) is 3.28. The molecule has 21 heavy (non-hydrogen) atoms. The minimum absolute atomic E-state index is 0.109. The summed E-state index contributed by atoms with van der Waals surface area (Å²) in [6.07, 6.45) is 0.462. The van der Waals surface area contributed by atoms with E-state index in [0.717, 1.165) is 9.37 Å². The summed E-state index contributed by atoms with van der Waals surface area (Å²) in [6, 6.07) is 11.1. The summed E-state index contributed by atoms with van der Waals surface area (Å²) in [7, 11) is 0. The highest BCUT2D eigenvalue weighted by molar-refractivity contribution is 9.10. The van der Waals surface area contributed by atoms with Crippen molar-refractivity contribution in [3.8, 4) is 0 Å². The quantitative estimate of drug-likeness (QED) is 0.458. The summed E-state index contributed by atoms with van der Waals surface area (Å²) in [4.78, 5) is 0.824. The highest BCUT2D eigenvalue weighted by Gasteiger charge is 2.12. The maximum absolute atomic E-state index is 13.7. The van der Waals surface area contributed by atoms with Gasteiger partial charge in [0, 0.05) is 21.2 Å². The Morgan fingerprint density at radius 2 is 2.00 bits per heavy atom. The fourth-order valence-electron chi connectivity index (χ4n) is 1.88. The highest BCUT2D eigenvalue weighted by atomic mass is 79.9. The van der Waals surface area contributed by atoms with E-state index >= 15 is 0 Å². The molecule has 0 aromatic heterocycles. The van der Waals surface area contributed by atoms with E-state index in [9.17, 15) is 8.78 Å². The lowest BCUT2D eigenvalue weighted by atomic mass is 10.1. The molecule has 0 aliphatic carbocycles. The number of hydrogen-bond acceptors (Lipinski definition) is 3. The molecule has 112 valence electrons. The highest BCUT2D eigenvalue weighted by Crippen LogP contribution is 2.22. The molecule has 1 atom stereocenters. The number of nitrogens with two attached hydrogens (primary N) is 1. The van der Waals surface area contributed by atoms with E-state index in [2.05, 4.69) is 21.4 Å². The first-order chi connectivity index (χ1) is 10.1. The minimum atomic E-state index is -0.268. The topological polar surface area (TPSA) is 38.0 Å². The standard InChI is InChI=1S/C15H15BrF2N2S/c16-11-4-5-15(18)10(6-11)7-13(20-19)9-21-14-3-1-2-12(17)8-14/h1-6,8,13,20H,7,9,19H2. The third kappa shape index (κ3) is 5.07. The van der Waals surface area contributed by atoms with E-state index < -0.39 is 0 Å². The first-order valence-corrected chi connectivity index (χ1v) is 8.15. The molecule has 0 heterocycles. The largest absolute Gasteiger partial charge is 0.271 e. The molecule has 0 aliphatic heterocycles. The summed E-state index contributed by atoms with van der Waals surface area (Å²) in [5.74, 6) is 5.62. The van der Waals surface area contributed by atoms with Gasteiger partial charge in [0.05, 0.1) is 0 Å². The van der Waals surface area contributed by atoms with E-state index in [4.69, 9.17) is 5.84 Å². The van der Waals surface area contributed by atoms with Crippen LogP contribution in [0.15, 0.2) is 51.8 Å². The Balaban J connectivity index is 1.98. The van der Waals surface area contributed by atoms with Crippen LogP contribution in [0, 0.1) is 11.6 Å². The molecular formula is C15H15BrF2N2S. The van der Waals surface area contributed by atoms with Crippen LogP contribution < -0.4 is 11.3 Å². The molecule has 0 saturated carbocycles. The van der Waals surface area contributed by atoms with Crippen molar-refractivity contribution in [1.82, 2.24) is 5.43 Å². The van der Waals surface area contributed by atoms with Gasteiger partial charge in [0.25, 0.3) is 0 Å². The van der Waals surface area contributed by atoms with E-state index in [1.54, 1.807) is 18.2 Å². The number of thioether (sulfide) groups is 1. The van der Waals surface area contributed by atoms with Crippen molar-refractivity contribution in [1.29, 1.82) is 0 Å². The first kappa shape index (κ1) is 16.4. The van der Waals surface area contributed by atoms with Gasteiger partial charge in [-0.25, -0.2) is 8.78 Å². The van der Waals surface area contributed by atoms with Gasteiger partial charge in [-0.1, -0.05) is 22.0 Å². The number of hydrogen-bond donors (Lipinski definition) is 2. The minimum Gasteiger partial charge on any atom is -0.271 e. The van der Waals surface area contributed by atoms with Crippen LogP contribution in [0.2, 0.25) is 0 Å². The number of benzene rings is 2. The SMILES string of the molecule is NNC(CSc1cccc(F)c1)Cc1cc(Br)ccc1F. The number of halogens is 3. The molecule has 0 fully saturated rings. The van der Waals surface area contributed by atoms with Crippen molar-refractivity contribution in [2.45, 2.75) is 17.4 Å². The van der Waals surface area contributed by atoms with Gasteiger partial charge in [0.1, 0.15) is 11.6 Å². The van der Waals surface area contributed by atoms with Crippen molar-refractivity contribution in [3.63, 3.8) is 0 Å². The summed E-state index contributed by atoms with van der Waals surface area (Å²) >= 11 is 4.81. The summed E-state index contributed by atoms with van der Waals surface area (Å²) < 4.78 is 27.7. The zero-order chi connectivity index (χ0) is 15.2. The van der Waals surface area contributed by atoms with Gasteiger partial charge in [-0.05, 0) is 48.4 Å². The predicted octanol–water partition coefficient (Wildman–Crippen LogP) is 3.89. The van der Waals surface area contributed by atoms with Gasteiger partial charge in [-0.3, -0.25) is 11.3 Å². The maximum Gasteiger partial charge on any atom is 0.126 e. The maximum atomic E-state index is 13.7. The van der Waals surface area contributed by atoms with Crippen molar-refractivity contribution < 1.29 is 8.78 Å². The van der Waals surface area contributed by atoms with Crippen molar-refractivity contribution in [3.05, 3.63) is 64.1 Å². The molecule has 2 rings (SSSR count). The molecule has 1 unspecified atom stereocenters. The molecule has 3 N–H and O–H groups in total. The van der Waals surface area contributed by atoms with Crippen molar-refractivity contribution in [2.75, 3.05) is 5.75 Å². The molecule has 2 nitrogen and oxygen atoms in total. The van der Waals surface area contributed by atoms with E-state index in [1.165, 1.54) is 30.0 Å². The Hall–Kier alpha value is -0.950. The Morgan fingerprint density at radius 1 is 1.19 bits per heavy atom. The molecule has 0 amide bonds. The van der Waals surface area contributed by atoms with Crippen molar-refractivity contribution >= 4 is 27.7 Å². The molecule has 0 bridgehead atoms. The molecule has 2 aromatic carbocycles. The molecule has 6 heteroatoms. The van der Waals surface area contributed by atoms with Crippen molar-refractivity contribution in [2.24, 2.45) is 5.84 Å². The Bertz CT molecular complexity index is 610. The van der Waals surface area contributed by atoms with Crippen LogP contribution in [0.3, 0.4) is 0 Å². The zero-order valence-corrected chi connectivity index (χ0v) is 13.6. The Labute approximate surface area is 135 Å². The average Bonchev–Trinajstić information content (AvgIpc) is 2.47. The molecule has 0 saturated heterocycles. The van der Waals surface area contributed by atoms with Gasteiger partial charge in [0.2, 0.25) is 0 Å². The molecule has 0 aliphatic rings. The van der Waals surface area contributed by atoms with Crippen LogP contribution in [0.1, 0.15) is 5.56 Å². The lowest BCUT2D eigenvalue weighted by Crippen LogP contribution is -2.38. The first-order valence-electron chi connectivity index (χ1n) is 6.37. The number of hydrazine groups is 1. The lowest BCUT2D eigenvalue weighted by Gasteiger charge is -2.16. The molecular weight excluding hydrogens is 358 g/mol. The molecule has 2 aromatic rings. The zero-order valence-electron chi connectivity index (χ0n) is 11.2. The van der Waals surface area contributed by atoms with Gasteiger partial charge in [-0.2, -0.15) is 0 Å². The number of nitrogens with one attached hydrogen (secondary N) is 1. The average molecular weight is 373 g/mol. The number of rotatable bonds is 6. The second-order valence-corrected chi connectivity index (χ2v) is 6.58. The Kier molecular flexibility index (Phi) is 6.17. The van der Waals surface area contributed by atoms with E-state index in [1.807, 2.05) is 6.07 Å². The van der Waals surface area contributed by atoms with Gasteiger partial charge in [-0.15, -0.1) is 11.8 Å². The summed E-state index contributed by atoms with van der Waals surface area (Å²) in [5, 5.41) is 0.